The van der Waals surface area contributed by atoms with E-state index in [4.69, 9.17) is 9.47 Å². The lowest BCUT2D eigenvalue weighted by molar-refractivity contribution is 0.171. The minimum absolute atomic E-state index is 0.0184. The van der Waals surface area contributed by atoms with Crippen LogP contribution < -0.4 is 14.8 Å². The molecule has 0 saturated carbocycles. The van der Waals surface area contributed by atoms with Gasteiger partial charge in [0.2, 0.25) is 0 Å². The molecule has 0 bridgehead atoms. The molecule has 0 radical (unpaired) electrons. The summed E-state index contributed by atoms with van der Waals surface area (Å²) in [6.45, 7) is 7.97. The summed E-state index contributed by atoms with van der Waals surface area (Å²) < 4.78 is 11.2. The normalized spacial score (nSPS) is 14.4. The molecule has 1 aliphatic heterocycles. The van der Waals surface area contributed by atoms with Crippen molar-refractivity contribution in [1.82, 2.24) is 10.2 Å². The number of fused-ring (bicyclic) bond motifs is 1. The summed E-state index contributed by atoms with van der Waals surface area (Å²) in [6, 6.07) is 15.9. The van der Waals surface area contributed by atoms with Crippen molar-refractivity contribution in [3.05, 3.63) is 59.7 Å². The molecule has 5 nitrogen and oxygen atoms in total. The predicted octanol–water partition coefficient (Wildman–Crippen LogP) is 3.97. The Morgan fingerprint density at radius 1 is 1.11 bits per heavy atom. The number of ether oxygens (including phenoxy) is 2. The number of benzene rings is 2. The van der Waals surface area contributed by atoms with Gasteiger partial charge in [0.25, 0.3) is 0 Å². The van der Waals surface area contributed by atoms with Crippen LogP contribution in [0.1, 0.15) is 31.9 Å². The Kier molecular flexibility index (Phi) is 5.59. The first kappa shape index (κ1) is 19.1. The number of urea groups is 1. The Labute approximate surface area is 161 Å². The average Bonchev–Trinajstić information content (AvgIpc) is 2.68. The highest BCUT2D eigenvalue weighted by Gasteiger charge is 2.29. The number of nitrogens with zero attached hydrogens (tertiary/aromatic N) is 1. The van der Waals surface area contributed by atoms with Gasteiger partial charge in [-0.1, -0.05) is 50.2 Å². The summed E-state index contributed by atoms with van der Waals surface area (Å²) in [4.78, 5) is 14.4. The van der Waals surface area contributed by atoms with Gasteiger partial charge in [0, 0.05) is 25.0 Å². The smallest absolute Gasteiger partial charge is 0.317 e. The average molecular weight is 368 g/mol. The maximum atomic E-state index is 12.7. The standard InChI is InChI=1S/C22H28N2O3/c1-16(22(2,3)18-8-6-5-7-9-18)23-21(25)24(4)15-17-10-11-19-20(14-17)27-13-12-26-19/h5-11,14,16H,12-13,15H2,1-4H3,(H,23,25). The van der Waals surface area contributed by atoms with Crippen LogP contribution in [0.5, 0.6) is 11.5 Å². The van der Waals surface area contributed by atoms with Crippen molar-refractivity contribution in [2.75, 3.05) is 20.3 Å². The third kappa shape index (κ3) is 4.35. The molecule has 2 aromatic rings. The number of carbonyl (C=O) groups excluding carboxylic acids is 1. The number of hydrogen-bond donors (Lipinski definition) is 1. The second-order valence-corrected chi connectivity index (χ2v) is 7.59. The van der Waals surface area contributed by atoms with Gasteiger partial charge in [-0.25, -0.2) is 4.79 Å². The first-order chi connectivity index (χ1) is 12.9. The molecular weight excluding hydrogens is 340 g/mol. The molecule has 144 valence electrons. The lowest BCUT2D eigenvalue weighted by Crippen LogP contribution is -2.49. The third-order valence-electron chi connectivity index (χ3n) is 5.31. The molecular formula is C22H28N2O3. The van der Waals surface area contributed by atoms with Crippen LogP contribution in [0.25, 0.3) is 0 Å². The van der Waals surface area contributed by atoms with Crippen LogP contribution >= 0.6 is 0 Å². The summed E-state index contributed by atoms with van der Waals surface area (Å²) in [5.41, 5.74) is 2.04. The zero-order valence-corrected chi connectivity index (χ0v) is 16.5. The molecule has 0 saturated heterocycles. The van der Waals surface area contributed by atoms with Gasteiger partial charge in [-0.3, -0.25) is 0 Å². The monoisotopic (exact) mass is 368 g/mol. The van der Waals surface area contributed by atoms with Crippen molar-refractivity contribution in [3.8, 4) is 11.5 Å². The van der Waals surface area contributed by atoms with Crippen LogP contribution in [0.3, 0.4) is 0 Å². The van der Waals surface area contributed by atoms with Gasteiger partial charge in [0.1, 0.15) is 13.2 Å². The molecule has 2 amide bonds. The maximum absolute atomic E-state index is 12.7. The number of nitrogens with one attached hydrogen (secondary N) is 1. The summed E-state index contributed by atoms with van der Waals surface area (Å²) >= 11 is 0. The molecule has 1 unspecified atom stereocenters. The van der Waals surface area contributed by atoms with Gasteiger partial charge < -0.3 is 19.7 Å². The summed E-state index contributed by atoms with van der Waals surface area (Å²) in [5, 5.41) is 3.13. The molecule has 27 heavy (non-hydrogen) atoms. The van der Waals surface area contributed by atoms with Crippen molar-refractivity contribution < 1.29 is 14.3 Å². The van der Waals surface area contributed by atoms with E-state index in [1.165, 1.54) is 5.56 Å². The summed E-state index contributed by atoms with van der Waals surface area (Å²) in [7, 11) is 1.80. The molecule has 3 rings (SSSR count). The van der Waals surface area contributed by atoms with Crippen molar-refractivity contribution in [3.63, 3.8) is 0 Å². The highest BCUT2D eigenvalue weighted by atomic mass is 16.6. The summed E-state index contributed by atoms with van der Waals surface area (Å²) in [5.74, 6) is 1.50. The van der Waals surface area contributed by atoms with E-state index in [1.807, 2.05) is 43.3 Å². The van der Waals surface area contributed by atoms with Crippen molar-refractivity contribution in [1.29, 1.82) is 0 Å². The van der Waals surface area contributed by atoms with E-state index < -0.39 is 0 Å². The van der Waals surface area contributed by atoms with Crippen molar-refractivity contribution in [2.45, 2.75) is 38.8 Å². The molecule has 5 heteroatoms. The lowest BCUT2D eigenvalue weighted by atomic mass is 9.78. The molecule has 1 aliphatic rings. The predicted molar refractivity (Wildman–Crippen MR) is 106 cm³/mol. The topological polar surface area (TPSA) is 50.8 Å². The van der Waals surface area contributed by atoms with Crippen molar-refractivity contribution in [2.24, 2.45) is 0 Å². The van der Waals surface area contributed by atoms with Crippen LogP contribution in [-0.2, 0) is 12.0 Å². The molecule has 1 heterocycles. The van der Waals surface area contributed by atoms with E-state index in [0.29, 0.717) is 19.8 Å². The van der Waals surface area contributed by atoms with E-state index >= 15 is 0 Å². The number of rotatable bonds is 5. The Hall–Kier alpha value is -2.69. The van der Waals surface area contributed by atoms with Crippen LogP contribution in [0.2, 0.25) is 0 Å². The van der Waals surface area contributed by atoms with Crippen molar-refractivity contribution >= 4 is 6.03 Å². The van der Waals surface area contributed by atoms with Crippen LogP contribution in [0, 0.1) is 0 Å². The fraction of sp³-hybridized carbons (Fsp3) is 0.409. The van der Waals surface area contributed by atoms with Gasteiger partial charge in [-0.05, 0) is 30.2 Å². The minimum Gasteiger partial charge on any atom is -0.486 e. The first-order valence-electron chi connectivity index (χ1n) is 9.33. The van der Waals surface area contributed by atoms with Gasteiger partial charge in [0.05, 0.1) is 0 Å². The van der Waals surface area contributed by atoms with Gasteiger partial charge >= 0.3 is 6.03 Å². The molecule has 0 aliphatic carbocycles. The van der Waals surface area contributed by atoms with E-state index in [9.17, 15) is 4.79 Å². The molecule has 0 fully saturated rings. The van der Waals surface area contributed by atoms with E-state index in [0.717, 1.165) is 17.1 Å². The molecule has 2 aromatic carbocycles. The number of carbonyl (C=O) groups is 1. The first-order valence-corrected chi connectivity index (χ1v) is 9.33. The Morgan fingerprint density at radius 3 is 2.48 bits per heavy atom. The third-order valence-corrected chi connectivity index (χ3v) is 5.31. The number of amides is 2. The van der Waals surface area contributed by atoms with Gasteiger partial charge in [-0.15, -0.1) is 0 Å². The zero-order valence-electron chi connectivity index (χ0n) is 16.5. The SMILES string of the molecule is CC(NC(=O)N(C)Cc1ccc2c(c1)OCCO2)C(C)(C)c1ccccc1. The largest absolute Gasteiger partial charge is 0.486 e. The number of hydrogen-bond acceptors (Lipinski definition) is 3. The van der Waals surface area contributed by atoms with Crippen LogP contribution in [0.15, 0.2) is 48.5 Å². The van der Waals surface area contributed by atoms with E-state index in [-0.39, 0.29) is 17.5 Å². The molecule has 1 N–H and O–H groups in total. The maximum Gasteiger partial charge on any atom is 0.317 e. The van der Waals surface area contributed by atoms with Crippen LogP contribution in [-0.4, -0.2) is 37.2 Å². The molecule has 0 aromatic heterocycles. The van der Waals surface area contributed by atoms with Gasteiger partial charge in [-0.2, -0.15) is 0 Å². The fourth-order valence-corrected chi connectivity index (χ4v) is 3.13. The van der Waals surface area contributed by atoms with E-state index in [2.05, 4.69) is 31.3 Å². The Bertz CT molecular complexity index is 789. The second kappa shape index (κ2) is 7.91. The minimum atomic E-state index is -0.172. The molecule has 0 spiro atoms. The Morgan fingerprint density at radius 2 is 1.78 bits per heavy atom. The second-order valence-electron chi connectivity index (χ2n) is 7.59. The molecule has 1 atom stereocenters. The highest BCUT2D eigenvalue weighted by molar-refractivity contribution is 5.74. The summed E-state index contributed by atoms with van der Waals surface area (Å²) in [6.07, 6.45) is 0. The lowest BCUT2D eigenvalue weighted by Gasteiger charge is -2.34. The van der Waals surface area contributed by atoms with Crippen LogP contribution in [0.4, 0.5) is 4.79 Å². The highest BCUT2D eigenvalue weighted by Crippen LogP contribution is 2.31. The van der Waals surface area contributed by atoms with Gasteiger partial charge in [0.15, 0.2) is 11.5 Å². The fourth-order valence-electron chi connectivity index (χ4n) is 3.13. The zero-order chi connectivity index (χ0) is 19.4. The Balaban J connectivity index is 1.62. The quantitative estimate of drug-likeness (QED) is 0.869. The van der Waals surface area contributed by atoms with E-state index in [1.54, 1.807) is 11.9 Å².